The maximum atomic E-state index is 12.9. The molecule has 0 aliphatic carbocycles. The SMILES string of the molecule is CCC(C)NC(=O)CN1CCN(C(=O)c2ccc(OC)c(S(=O)(=O)NC)c2)CC1. The van der Waals surface area contributed by atoms with Crippen LogP contribution in [0.15, 0.2) is 23.1 Å². The standard InChI is InChI=1S/C19H30N4O5S/c1-5-14(2)21-18(24)13-22-8-10-23(11-9-22)19(25)15-6-7-16(28-4)17(12-15)29(26,27)20-3/h6-7,12,14,20H,5,8-11,13H2,1-4H3,(H,21,24). The van der Waals surface area contributed by atoms with Crippen molar-refractivity contribution < 1.29 is 22.7 Å². The Bertz CT molecular complexity index is 835. The summed E-state index contributed by atoms with van der Waals surface area (Å²) in [5.74, 6) is -0.0897. The number of nitrogens with one attached hydrogen (secondary N) is 2. The summed E-state index contributed by atoms with van der Waals surface area (Å²) in [6, 6.07) is 4.51. The van der Waals surface area contributed by atoms with Gasteiger partial charge in [-0.15, -0.1) is 0 Å². The maximum Gasteiger partial charge on any atom is 0.253 e. The van der Waals surface area contributed by atoms with E-state index in [1.165, 1.54) is 26.3 Å². The minimum Gasteiger partial charge on any atom is -0.495 e. The summed E-state index contributed by atoms with van der Waals surface area (Å²) < 4.78 is 31.8. The van der Waals surface area contributed by atoms with Crippen LogP contribution in [0.2, 0.25) is 0 Å². The summed E-state index contributed by atoms with van der Waals surface area (Å²) >= 11 is 0. The van der Waals surface area contributed by atoms with E-state index in [4.69, 9.17) is 4.74 Å². The van der Waals surface area contributed by atoms with E-state index >= 15 is 0 Å². The number of methoxy groups -OCH3 is 1. The minimum absolute atomic E-state index is 0.0174. The zero-order valence-corrected chi connectivity index (χ0v) is 18.2. The molecule has 1 aromatic carbocycles. The van der Waals surface area contributed by atoms with Crippen LogP contribution in [0.25, 0.3) is 0 Å². The zero-order chi connectivity index (χ0) is 21.6. The van der Waals surface area contributed by atoms with E-state index in [9.17, 15) is 18.0 Å². The normalized spacial score (nSPS) is 16.3. The number of carbonyl (C=O) groups excluding carboxylic acids is 2. The molecule has 1 aliphatic rings. The van der Waals surface area contributed by atoms with Crippen LogP contribution in [0, 0.1) is 0 Å². The number of nitrogens with zero attached hydrogens (tertiary/aromatic N) is 2. The molecule has 0 bridgehead atoms. The predicted molar refractivity (Wildman–Crippen MR) is 109 cm³/mol. The van der Waals surface area contributed by atoms with E-state index in [2.05, 4.69) is 10.0 Å². The molecular weight excluding hydrogens is 396 g/mol. The van der Waals surface area contributed by atoms with Gasteiger partial charge in [-0.25, -0.2) is 13.1 Å². The lowest BCUT2D eigenvalue weighted by Crippen LogP contribution is -2.51. The average molecular weight is 427 g/mol. The van der Waals surface area contributed by atoms with E-state index in [0.717, 1.165) is 6.42 Å². The average Bonchev–Trinajstić information content (AvgIpc) is 2.73. The van der Waals surface area contributed by atoms with Crippen molar-refractivity contribution in [2.24, 2.45) is 0 Å². The van der Waals surface area contributed by atoms with Crippen molar-refractivity contribution in [2.45, 2.75) is 31.2 Å². The second-order valence-corrected chi connectivity index (χ2v) is 8.87. The molecule has 162 valence electrons. The first-order valence-electron chi connectivity index (χ1n) is 9.64. The van der Waals surface area contributed by atoms with Crippen molar-refractivity contribution in [3.63, 3.8) is 0 Å². The first kappa shape index (κ1) is 23.1. The van der Waals surface area contributed by atoms with Crippen LogP contribution in [0.4, 0.5) is 0 Å². The third-order valence-corrected chi connectivity index (χ3v) is 6.45. The highest BCUT2D eigenvalue weighted by atomic mass is 32.2. The molecule has 1 heterocycles. The summed E-state index contributed by atoms with van der Waals surface area (Å²) in [5, 5.41) is 2.94. The Morgan fingerprint density at radius 2 is 1.86 bits per heavy atom. The molecule has 2 rings (SSSR count). The van der Waals surface area contributed by atoms with Crippen molar-refractivity contribution in [3.8, 4) is 5.75 Å². The van der Waals surface area contributed by atoms with Gasteiger partial charge in [0.05, 0.1) is 13.7 Å². The van der Waals surface area contributed by atoms with E-state index in [1.54, 1.807) is 11.0 Å². The second-order valence-electron chi connectivity index (χ2n) is 7.02. The Labute approximate surface area is 172 Å². The number of carbonyl (C=O) groups is 2. The second kappa shape index (κ2) is 10.0. The Morgan fingerprint density at radius 1 is 1.21 bits per heavy atom. The lowest BCUT2D eigenvalue weighted by Gasteiger charge is -2.34. The summed E-state index contributed by atoms with van der Waals surface area (Å²) in [4.78, 5) is 28.5. The summed E-state index contributed by atoms with van der Waals surface area (Å²) in [6.45, 7) is 6.38. The third-order valence-electron chi connectivity index (χ3n) is 5.02. The van der Waals surface area contributed by atoms with Gasteiger partial charge >= 0.3 is 0 Å². The molecule has 0 radical (unpaired) electrons. The number of hydrogen-bond donors (Lipinski definition) is 2. The summed E-state index contributed by atoms with van der Waals surface area (Å²) in [5.41, 5.74) is 0.280. The van der Waals surface area contributed by atoms with Crippen LogP contribution in [0.3, 0.4) is 0 Å². The number of rotatable bonds is 8. The van der Waals surface area contributed by atoms with Crippen LogP contribution in [0.1, 0.15) is 30.6 Å². The lowest BCUT2D eigenvalue weighted by atomic mass is 10.1. The number of piperazine rings is 1. The molecule has 10 heteroatoms. The van der Waals surface area contributed by atoms with Gasteiger partial charge in [-0.2, -0.15) is 0 Å². The fourth-order valence-corrected chi connectivity index (χ4v) is 3.97. The predicted octanol–water partition coefficient (Wildman–Crippen LogP) is 0.276. The Morgan fingerprint density at radius 3 is 2.41 bits per heavy atom. The largest absolute Gasteiger partial charge is 0.495 e. The molecule has 0 saturated carbocycles. The van der Waals surface area contributed by atoms with Gasteiger partial charge in [-0.3, -0.25) is 14.5 Å². The highest BCUT2D eigenvalue weighted by molar-refractivity contribution is 7.89. The fraction of sp³-hybridized carbons (Fsp3) is 0.579. The van der Waals surface area contributed by atoms with Gasteiger partial charge in [0.2, 0.25) is 15.9 Å². The topological polar surface area (TPSA) is 108 Å². The van der Waals surface area contributed by atoms with Crippen molar-refractivity contribution in [1.82, 2.24) is 19.8 Å². The van der Waals surface area contributed by atoms with Gasteiger partial charge in [0.15, 0.2) is 0 Å². The van der Waals surface area contributed by atoms with E-state index in [-0.39, 0.29) is 34.1 Å². The van der Waals surface area contributed by atoms with Gasteiger partial charge in [-0.1, -0.05) is 6.92 Å². The van der Waals surface area contributed by atoms with Crippen molar-refractivity contribution >= 4 is 21.8 Å². The summed E-state index contributed by atoms with van der Waals surface area (Å²) in [7, 11) is -1.08. The Kier molecular flexibility index (Phi) is 8.00. The van der Waals surface area contributed by atoms with E-state index in [1.807, 2.05) is 18.7 Å². The maximum absolute atomic E-state index is 12.9. The van der Waals surface area contributed by atoms with Crippen molar-refractivity contribution in [2.75, 3.05) is 46.9 Å². The number of sulfonamides is 1. The molecule has 0 spiro atoms. The number of hydrogen-bond acceptors (Lipinski definition) is 6. The van der Waals surface area contributed by atoms with Crippen molar-refractivity contribution in [3.05, 3.63) is 23.8 Å². The number of benzene rings is 1. The molecule has 9 nitrogen and oxygen atoms in total. The third kappa shape index (κ3) is 5.91. The summed E-state index contributed by atoms with van der Waals surface area (Å²) in [6.07, 6.45) is 0.876. The quantitative estimate of drug-likeness (QED) is 0.618. The van der Waals surface area contributed by atoms with Crippen LogP contribution in [-0.2, 0) is 14.8 Å². The number of amides is 2. The van der Waals surface area contributed by atoms with Gasteiger partial charge in [0.1, 0.15) is 10.6 Å². The van der Waals surface area contributed by atoms with Gasteiger partial charge < -0.3 is 15.0 Å². The van der Waals surface area contributed by atoms with Crippen LogP contribution < -0.4 is 14.8 Å². The highest BCUT2D eigenvalue weighted by Crippen LogP contribution is 2.25. The molecule has 1 aromatic rings. The highest BCUT2D eigenvalue weighted by Gasteiger charge is 2.26. The molecule has 1 fully saturated rings. The molecule has 2 N–H and O–H groups in total. The van der Waals surface area contributed by atoms with Crippen LogP contribution in [-0.4, -0.2) is 83.0 Å². The molecule has 2 amide bonds. The van der Waals surface area contributed by atoms with Gasteiger partial charge in [0.25, 0.3) is 5.91 Å². The molecule has 1 aliphatic heterocycles. The Balaban J connectivity index is 2.02. The monoisotopic (exact) mass is 426 g/mol. The minimum atomic E-state index is -3.76. The molecule has 1 saturated heterocycles. The van der Waals surface area contributed by atoms with Gasteiger partial charge in [0, 0.05) is 37.8 Å². The van der Waals surface area contributed by atoms with Gasteiger partial charge in [-0.05, 0) is 38.6 Å². The number of ether oxygens (including phenoxy) is 1. The first-order chi connectivity index (χ1) is 13.7. The molecule has 29 heavy (non-hydrogen) atoms. The molecule has 0 aromatic heterocycles. The Hall–Kier alpha value is -2.17. The molecular formula is C19H30N4O5S. The smallest absolute Gasteiger partial charge is 0.253 e. The van der Waals surface area contributed by atoms with Crippen LogP contribution in [0.5, 0.6) is 5.75 Å². The molecule has 1 unspecified atom stereocenters. The van der Waals surface area contributed by atoms with Crippen molar-refractivity contribution in [1.29, 1.82) is 0 Å². The van der Waals surface area contributed by atoms with E-state index < -0.39 is 10.0 Å². The molecule has 1 atom stereocenters. The first-order valence-corrected chi connectivity index (χ1v) is 11.1. The van der Waals surface area contributed by atoms with Crippen LogP contribution >= 0.6 is 0 Å². The van der Waals surface area contributed by atoms with E-state index in [0.29, 0.717) is 32.7 Å². The lowest BCUT2D eigenvalue weighted by molar-refractivity contribution is -0.123. The fourth-order valence-electron chi connectivity index (χ4n) is 3.05. The zero-order valence-electron chi connectivity index (χ0n) is 17.4.